The lowest BCUT2D eigenvalue weighted by Gasteiger charge is -2.43. The number of likely N-dealkylation sites (tertiary alicyclic amines) is 1. The lowest BCUT2D eigenvalue weighted by Crippen LogP contribution is -2.50. The topological polar surface area (TPSA) is 98.8 Å². The second kappa shape index (κ2) is 13.0. The van der Waals surface area contributed by atoms with Crippen LogP contribution in [0.25, 0.3) is 0 Å². The minimum atomic E-state index is -1.51. The first-order valence-electron chi connectivity index (χ1n) is 15.3. The lowest BCUT2D eigenvalue weighted by molar-refractivity contribution is 0.0712. The Balaban J connectivity index is 1.35. The van der Waals surface area contributed by atoms with Crippen LogP contribution < -0.4 is 11.1 Å². The normalized spacial score (nSPS) is 22.6. The highest BCUT2D eigenvalue weighted by atomic mass is 16.4. The molecular formula is C32H46BN3O3. The van der Waals surface area contributed by atoms with E-state index < -0.39 is 13.1 Å². The zero-order valence-corrected chi connectivity index (χ0v) is 23.4. The van der Waals surface area contributed by atoms with Crippen molar-refractivity contribution < 1.29 is 14.8 Å². The Bertz CT molecular complexity index is 1100. The number of nitrogens with one attached hydrogen (secondary N) is 1. The summed E-state index contributed by atoms with van der Waals surface area (Å²) >= 11 is 0. The van der Waals surface area contributed by atoms with Gasteiger partial charge in [0.05, 0.1) is 5.94 Å². The van der Waals surface area contributed by atoms with Crippen molar-refractivity contribution in [3.8, 4) is 0 Å². The fraction of sp³-hybridized carbons (Fsp3) is 0.594. The third-order valence-corrected chi connectivity index (χ3v) is 9.66. The number of rotatable bonds is 4. The van der Waals surface area contributed by atoms with Crippen molar-refractivity contribution in [2.24, 2.45) is 5.73 Å². The van der Waals surface area contributed by atoms with Gasteiger partial charge in [-0.05, 0) is 66.0 Å². The number of nitrogens with zero attached hydrogens (tertiary/aromatic N) is 1. The largest absolute Gasteiger partial charge is 0.474 e. The zero-order valence-electron chi connectivity index (χ0n) is 23.4. The summed E-state index contributed by atoms with van der Waals surface area (Å²) in [5, 5.41) is 24.0. The first kappa shape index (κ1) is 28.3. The number of hydrogen-bond donors (Lipinski definition) is 4. The van der Waals surface area contributed by atoms with Crippen LogP contribution in [0.5, 0.6) is 0 Å². The van der Waals surface area contributed by atoms with Gasteiger partial charge in [0.2, 0.25) is 0 Å². The fourth-order valence-electron chi connectivity index (χ4n) is 7.34. The Morgan fingerprint density at radius 1 is 0.949 bits per heavy atom. The highest BCUT2D eigenvalue weighted by molar-refractivity contribution is 6.43. The summed E-state index contributed by atoms with van der Waals surface area (Å²) in [6.45, 7) is 2.75. The van der Waals surface area contributed by atoms with Crippen LogP contribution in [0.4, 0.5) is 0 Å². The molecule has 1 saturated carbocycles. The number of nitrogens with two attached hydrogens (primary N) is 1. The van der Waals surface area contributed by atoms with E-state index >= 15 is 0 Å². The number of benzene rings is 2. The van der Waals surface area contributed by atoms with E-state index in [4.69, 9.17) is 5.73 Å². The molecule has 5 rings (SSSR count). The Morgan fingerprint density at radius 2 is 1.62 bits per heavy atom. The standard InChI is InChI=1S/C32H46BN3O3/c34-22-24-10-9-11-26(20-24)25-14-18-36(19-15-25)31(37)27-12-13-29-28(21-27)30(33(38)39)35-23-32(29)16-7-5-3-1-2-4-6-8-17-32/h9-13,20-21,25,30,35,38-39H,1-8,14-19,22-23,34H2. The monoisotopic (exact) mass is 531 g/mol. The molecule has 5 N–H and O–H groups in total. The highest BCUT2D eigenvalue weighted by Gasteiger charge is 2.42. The van der Waals surface area contributed by atoms with Gasteiger partial charge in [-0.25, -0.2) is 0 Å². The number of amides is 1. The van der Waals surface area contributed by atoms with Gasteiger partial charge in [-0.3, -0.25) is 4.79 Å². The molecule has 1 aliphatic carbocycles. The van der Waals surface area contributed by atoms with Crippen LogP contribution >= 0.6 is 0 Å². The molecule has 1 amide bonds. The van der Waals surface area contributed by atoms with Crippen LogP contribution in [0.1, 0.15) is 122 Å². The number of carbonyl (C=O) groups is 1. The smallest absolute Gasteiger partial charge is 0.426 e. The molecular weight excluding hydrogens is 485 g/mol. The van der Waals surface area contributed by atoms with Crippen LogP contribution in [0.2, 0.25) is 0 Å². The molecule has 1 atom stereocenters. The maximum atomic E-state index is 13.7. The Kier molecular flexibility index (Phi) is 9.44. The summed E-state index contributed by atoms with van der Waals surface area (Å²) in [5.41, 5.74) is 11.1. The van der Waals surface area contributed by atoms with Gasteiger partial charge in [-0.1, -0.05) is 81.7 Å². The molecule has 0 bridgehead atoms. The molecule has 2 aliphatic heterocycles. The summed E-state index contributed by atoms with van der Waals surface area (Å²) in [4.78, 5) is 15.6. The summed E-state index contributed by atoms with van der Waals surface area (Å²) in [5.74, 6) is -0.0869. The van der Waals surface area contributed by atoms with Crippen LogP contribution in [-0.4, -0.2) is 47.6 Å². The molecule has 3 aliphatic rings. The molecule has 2 fully saturated rings. The third kappa shape index (κ3) is 6.43. The highest BCUT2D eigenvalue weighted by Crippen LogP contribution is 2.43. The summed E-state index contributed by atoms with van der Waals surface area (Å²) in [6.07, 6.45) is 14.3. The van der Waals surface area contributed by atoms with Crippen molar-refractivity contribution in [3.05, 3.63) is 70.3 Å². The summed E-state index contributed by atoms with van der Waals surface area (Å²) in [6, 6.07) is 14.6. The maximum absolute atomic E-state index is 13.7. The molecule has 2 heterocycles. The van der Waals surface area contributed by atoms with E-state index in [0.29, 0.717) is 18.0 Å². The van der Waals surface area contributed by atoms with Crippen molar-refractivity contribution in [2.45, 2.75) is 101 Å². The van der Waals surface area contributed by atoms with E-state index in [2.05, 4.69) is 35.6 Å². The molecule has 1 saturated heterocycles. The van der Waals surface area contributed by atoms with Crippen molar-refractivity contribution >= 4 is 13.0 Å². The van der Waals surface area contributed by atoms with Crippen molar-refractivity contribution in [1.29, 1.82) is 0 Å². The second-order valence-electron chi connectivity index (χ2n) is 12.2. The SMILES string of the molecule is NCc1cccc(C2CCN(C(=O)c3ccc4c(c3)C(B(O)O)NCC43CCCCCCCCCC3)CC2)c1. The van der Waals surface area contributed by atoms with Gasteiger partial charge in [-0.2, -0.15) is 0 Å². The average Bonchev–Trinajstić information content (AvgIpc) is 3.02. The molecule has 7 heteroatoms. The number of carbonyl (C=O) groups excluding carboxylic acids is 1. The van der Waals surface area contributed by atoms with Gasteiger partial charge >= 0.3 is 7.12 Å². The fourth-order valence-corrected chi connectivity index (χ4v) is 7.34. The molecule has 6 nitrogen and oxygen atoms in total. The second-order valence-corrected chi connectivity index (χ2v) is 12.2. The Labute approximate surface area is 234 Å². The van der Waals surface area contributed by atoms with Crippen molar-refractivity contribution in [1.82, 2.24) is 10.2 Å². The van der Waals surface area contributed by atoms with Gasteiger partial charge in [0.15, 0.2) is 0 Å². The van der Waals surface area contributed by atoms with Gasteiger partial charge < -0.3 is 26.0 Å². The minimum absolute atomic E-state index is 0.0109. The van der Waals surface area contributed by atoms with Crippen molar-refractivity contribution in [2.75, 3.05) is 19.6 Å². The Hall–Kier alpha value is -2.19. The predicted molar refractivity (Wildman–Crippen MR) is 157 cm³/mol. The molecule has 39 heavy (non-hydrogen) atoms. The quantitative estimate of drug-likeness (QED) is 0.418. The van der Waals surface area contributed by atoms with Gasteiger partial charge in [0.1, 0.15) is 0 Å². The maximum Gasteiger partial charge on any atom is 0.474 e. The van der Waals surface area contributed by atoms with E-state index in [0.717, 1.165) is 56.4 Å². The first-order valence-corrected chi connectivity index (χ1v) is 15.3. The zero-order chi connectivity index (χ0) is 27.2. The molecule has 210 valence electrons. The molecule has 0 radical (unpaired) electrons. The Morgan fingerprint density at radius 3 is 2.26 bits per heavy atom. The van der Waals surface area contributed by atoms with Gasteiger partial charge in [0, 0.05) is 37.2 Å². The van der Waals surface area contributed by atoms with E-state index in [9.17, 15) is 14.8 Å². The van der Waals surface area contributed by atoms with Crippen LogP contribution in [0.3, 0.4) is 0 Å². The minimum Gasteiger partial charge on any atom is -0.426 e. The van der Waals surface area contributed by atoms with Crippen LogP contribution in [0, 0.1) is 0 Å². The number of piperidine rings is 1. The van der Waals surface area contributed by atoms with E-state index in [1.54, 1.807) is 0 Å². The van der Waals surface area contributed by atoms with E-state index in [1.165, 1.54) is 62.5 Å². The summed E-state index contributed by atoms with van der Waals surface area (Å²) in [7, 11) is -1.51. The molecule has 0 aromatic heterocycles. The third-order valence-electron chi connectivity index (χ3n) is 9.66. The lowest BCUT2D eigenvalue weighted by atomic mass is 9.62. The van der Waals surface area contributed by atoms with Gasteiger partial charge in [-0.15, -0.1) is 0 Å². The van der Waals surface area contributed by atoms with Crippen LogP contribution in [-0.2, 0) is 12.0 Å². The molecule has 2 aromatic rings. The number of fused-ring (bicyclic) bond motifs is 2. The van der Waals surface area contributed by atoms with Gasteiger partial charge in [0.25, 0.3) is 5.91 Å². The predicted octanol–water partition coefficient (Wildman–Crippen LogP) is 4.97. The molecule has 1 unspecified atom stereocenters. The molecule has 2 aromatic carbocycles. The summed E-state index contributed by atoms with van der Waals surface area (Å²) < 4.78 is 0. The van der Waals surface area contributed by atoms with Crippen molar-refractivity contribution in [3.63, 3.8) is 0 Å². The molecule has 1 spiro atoms. The first-order chi connectivity index (χ1) is 19.0. The van der Waals surface area contributed by atoms with Crippen LogP contribution in [0.15, 0.2) is 42.5 Å². The van der Waals surface area contributed by atoms with E-state index in [-0.39, 0.29) is 11.3 Å². The average molecular weight is 532 g/mol. The van der Waals surface area contributed by atoms with E-state index in [1.807, 2.05) is 17.0 Å². The number of hydrogen-bond acceptors (Lipinski definition) is 5.